The number of fused-ring (bicyclic) bond motifs is 5. The van der Waals surface area contributed by atoms with E-state index in [2.05, 4.69) is 37.0 Å². The van der Waals surface area contributed by atoms with Gasteiger partial charge in [0.25, 0.3) is 0 Å². The molecule has 0 aliphatic heterocycles. The van der Waals surface area contributed by atoms with Crippen LogP contribution in [0.2, 0.25) is 0 Å². The molecule has 3 aliphatic rings. The summed E-state index contributed by atoms with van der Waals surface area (Å²) in [6.07, 6.45) is 10.7. The van der Waals surface area contributed by atoms with E-state index >= 15 is 0 Å². The van der Waals surface area contributed by atoms with Gasteiger partial charge in [0, 0.05) is 28.9 Å². The Balaban J connectivity index is 1.37. The maximum Gasteiger partial charge on any atom is 0.115 e. The van der Waals surface area contributed by atoms with Crippen LogP contribution in [-0.2, 0) is 13.0 Å². The molecule has 1 heterocycles. The predicted octanol–water partition coefficient (Wildman–Crippen LogP) is 5.25. The normalized spacial score (nSPS) is 31.7. The van der Waals surface area contributed by atoms with Gasteiger partial charge in [-0.15, -0.1) is 0 Å². The number of aromatic hydroxyl groups is 1. The lowest BCUT2D eigenvalue weighted by Gasteiger charge is -2.49. The Bertz CT molecular complexity index is 1020. The van der Waals surface area contributed by atoms with Gasteiger partial charge in [-0.05, 0) is 93.4 Å². The van der Waals surface area contributed by atoms with Crippen molar-refractivity contribution in [3.8, 4) is 5.75 Å². The Morgan fingerprint density at radius 2 is 2.13 bits per heavy atom. The number of hydrogen-bond acceptors (Lipinski definition) is 4. The number of phenolic OH excluding ortho intramolecular Hbond substituents is 1. The Hall–Kier alpha value is -2.43. The number of phenols is 1. The topological polar surface area (TPSA) is 62.8 Å². The highest BCUT2D eigenvalue weighted by Crippen LogP contribution is 2.60. The van der Waals surface area contributed by atoms with Gasteiger partial charge in [-0.2, -0.15) is 15.3 Å². The van der Waals surface area contributed by atoms with Gasteiger partial charge in [-0.1, -0.05) is 13.0 Å². The van der Waals surface area contributed by atoms with Gasteiger partial charge in [0.05, 0.1) is 12.4 Å². The molecule has 1 N–H and O–H groups in total. The van der Waals surface area contributed by atoms with Crippen LogP contribution >= 0.6 is 0 Å². The zero-order valence-electron chi connectivity index (χ0n) is 18.3. The summed E-state index contributed by atoms with van der Waals surface area (Å²) in [6.45, 7) is 7.49. The Labute approximate surface area is 178 Å². The van der Waals surface area contributed by atoms with Crippen molar-refractivity contribution in [3.05, 3.63) is 46.8 Å². The van der Waals surface area contributed by atoms with E-state index in [0.29, 0.717) is 17.6 Å². The standard InChI is InChI=1S/C25H32N4O/c1-4-29-16(2)18(15-27-29)14-26-28-24-10-9-23-22-7-5-17-13-19(30)6-8-20(17)21(22)11-12-25(23,24)3/h6,8,13-15,21-23,30H,4-5,7,9-12H2,1-3H3/b26-14+,28-24+/t21-,22-,23+,25+/m1/s1. The van der Waals surface area contributed by atoms with Gasteiger partial charge in [0.15, 0.2) is 0 Å². The largest absolute Gasteiger partial charge is 0.508 e. The number of hydrogen-bond donors (Lipinski definition) is 1. The molecule has 5 nitrogen and oxygen atoms in total. The van der Waals surface area contributed by atoms with E-state index in [1.165, 1.54) is 42.5 Å². The summed E-state index contributed by atoms with van der Waals surface area (Å²) < 4.78 is 1.99. The van der Waals surface area contributed by atoms with Crippen LogP contribution in [-0.4, -0.2) is 26.8 Å². The first-order valence-electron chi connectivity index (χ1n) is 11.5. The number of rotatable bonds is 3. The van der Waals surface area contributed by atoms with Gasteiger partial charge >= 0.3 is 0 Å². The second kappa shape index (κ2) is 7.36. The van der Waals surface area contributed by atoms with Gasteiger partial charge in [0.1, 0.15) is 5.75 Å². The molecule has 2 saturated carbocycles. The number of benzene rings is 1. The van der Waals surface area contributed by atoms with Crippen molar-refractivity contribution >= 4 is 11.9 Å². The molecule has 0 spiro atoms. The molecule has 158 valence electrons. The van der Waals surface area contributed by atoms with Crippen molar-refractivity contribution in [1.82, 2.24) is 9.78 Å². The summed E-state index contributed by atoms with van der Waals surface area (Å²) in [7, 11) is 0. The van der Waals surface area contributed by atoms with Crippen LogP contribution in [0.25, 0.3) is 0 Å². The molecule has 2 fully saturated rings. The molecule has 1 aromatic heterocycles. The van der Waals surface area contributed by atoms with Gasteiger partial charge in [-0.3, -0.25) is 4.68 Å². The Morgan fingerprint density at radius 3 is 2.93 bits per heavy atom. The Kier molecular flexibility index (Phi) is 4.79. The van der Waals surface area contributed by atoms with Crippen molar-refractivity contribution in [3.63, 3.8) is 0 Å². The predicted molar refractivity (Wildman–Crippen MR) is 120 cm³/mol. The first-order chi connectivity index (χ1) is 14.5. The molecule has 0 bridgehead atoms. The third kappa shape index (κ3) is 3.01. The van der Waals surface area contributed by atoms with E-state index in [4.69, 9.17) is 5.10 Å². The lowest BCUT2D eigenvalue weighted by molar-refractivity contribution is 0.0955. The van der Waals surface area contributed by atoms with E-state index in [0.717, 1.165) is 36.6 Å². The summed E-state index contributed by atoms with van der Waals surface area (Å²) in [6, 6.07) is 6.03. The van der Waals surface area contributed by atoms with E-state index in [-0.39, 0.29) is 5.41 Å². The van der Waals surface area contributed by atoms with Crippen LogP contribution in [0, 0.1) is 24.2 Å². The van der Waals surface area contributed by atoms with Crippen LogP contribution in [0.4, 0.5) is 0 Å². The summed E-state index contributed by atoms with van der Waals surface area (Å²) in [5.41, 5.74) is 6.51. The summed E-state index contributed by atoms with van der Waals surface area (Å²) in [5.74, 6) is 2.46. The highest BCUT2D eigenvalue weighted by molar-refractivity contribution is 5.93. The van der Waals surface area contributed by atoms with Crippen LogP contribution in [0.3, 0.4) is 0 Å². The second-order valence-electron chi connectivity index (χ2n) is 9.59. The Morgan fingerprint density at radius 1 is 1.27 bits per heavy atom. The highest BCUT2D eigenvalue weighted by Gasteiger charge is 2.53. The molecule has 0 amide bonds. The summed E-state index contributed by atoms with van der Waals surface area (Å²) >= 11 is 0. The monoisotopic (exact) mass is 404 g/mol. The molecule has 0 radical (unpaired) electrons. The molecule has 1 aromatic carbocycles. The van der Waals surface area contributed by atoms with Crippen molar-refractivity contribution < 1.29 is 5.11 Å². The number of aryl methyl sites for hydroxylation is 2. The van der Waals surface area contributed by atoms with E-state index in [1.54, 1.807) is 0 Å². The first-order valence-corrected chi connectivity index (χ1v) is 11.5. The fourth-order valence-corrected chi connectivity index (χ4v) is 6.59. The van der Waals surface area contributed by atoms with Crippen molar-refractivity contribution in [2.45, 2.75) is 71.8 Å². The van der Waals surface area contributed by atoms with Crippen LogP contribution < -0.4 is 0 Å². The van der Waals surface area contributed by atoms with Crippen molar-refractivity contribution in [1.29, 1.82) is 0 Å². The average Bonchev–Trinajstić information content (AvgIpc) is 3.27. The SMILES string of the molecule is CCn1ncc(/C=N/N=C2\CC[C@H]3[C@@H]4CCc5cc(O)ccc5[C@H]4CC[C@]23C)c1C. The van der Waals surface area contributed by atoms with Crippen molar-refractivity contribution in [2.75, 3.05) is 0 Å². The smallest absolute Gasteiger partial charge is 0.115 e. The van der Waals surface area contributed by atoms with Crippen molar-refractivity contribution in [2.24, 2.45) is 27.5 Å². The quantitative estimate of drug-likeness (QED) is 0.561. The van der Waals surface area contributed by atoms with E-state index < -0.39 is 0 Å². The molecule has 2 aromatic rings. The van der Waals surface area contributed by atoms with E-state index in [9.17, 15) is 5.11 Å². The molecule has 3 aliphatic carbocycles. The summed E-state index contributed by atoms with van der Waals surface area (Å²) in [5, 5.41) is 23.5. The van der Waals surface area contributed by atoms with Crippen LogP contribution in [0.5, 0.6) is 5.75 Å². The van der Waals surface area contributed by atoms with Crippen LogP contribution in [0.15, 0.2) is 34.6 Å². The zero-order valence-corrected chi connectivity index (χ0v) is 18.3. The second-order valence-corrected chi connectivity index (χ2v) is 9.59. The maximum absolute atomic E-state index is 9.87. The van der Waals surface area contributed by atoms with Gasteiger partial charge in [-0.25, -0.2) is 0 Å². The van der Waals surface area contributed by atoms with Crippen LogP contribution in [0.1, 0.15) is 74.3 Å². The fraction of sp³-hybridized carbons (Fsp3) is 0.560. The molecule has 5 heteroatoms. The molecular weight excluding hydrogens is 372 g/mol. The lowest BCUT2D eigenvalue weighted by atomic mass is 9.55. The fourth-order valence-electron chi connectivity index (χ4n) is 6.59. The molecular formula is C25H32N4O. The average molecular weight is 405 g/mol. The maximum atomic E-state index is 9.87. The number of aromatic nitrogens is 2. The van der Waals surface area contributed by atoms with Gasteiger partial charge < -0.3 is 5.11 Å². The zero-order chi connectivity index (χ0) is 20.9. The van der Waals surface area contributed by atoms with E-state index in [1.807, 2.05) is 29.2 Å². The minimum absolute atomic E-state index is 0.176. The molecule has 5 rings (SSSR count). The first kappa shape index (κ1) is 19.5. The number of nitrogens with zero attached hydrogens (tertiary/aromatic N) is 4. The van der Waals surface area contributed by atoms with Gasteiger partial charge in [0.2, 0.25) is 0 Å². The lowest BCUT2D eigenvalue weighted by Crippen LogP contribution is -2.42. The minimum atomic E-state index is 0.176. The summed E-state index contributed by atoms with van der Waals surface area (Å²) in [4.78, 5) is 0. The third-order valence-electron chi connectivity index (χ3n) is 8.27. The third-order valence-corrected chi connectivity index (χ3v) is 8.27. The highest BCUT2D eigenvalue weighted by atomic mass is 16.3. The molecule has 30 heavy (non-hydrogen) atoms. The minimum Gasteiger partial charge on any atom is -0.508 e. The molecule has 4 atom stereocenters. The molecule has 0 saturated heterocycles. The molecule has 0 unspecified atom stereocenters.